The van der Waals surface area contributed by atoms with Crippen molar-refractivity contribution in [1.29, 1.82) is 0 Å². The van der Waals surface area contributed by atoms with Gasteiger partial charge in [0.25, 0.3) is 5.91 Å². The standard InChI is InChI=1S/C19H21ClN4O3/c1-12-3-6-14(7-4-12)23-17(25)11-24(2)18(26)10-22-16-9-13(20)5-8-15(16)19(21)27/h3-9,22H,10-11H2,1-2H3,(H2,21,27)(H,23,25). The number of carbonyl (C=O) groups is 3. The first kappa shape index (κ1) is 20.3. The smallest absolute Gasteiger partial charge is 0.250 e. The number of halogens is 1. The summed E-state index contributed by atoms with van der Waals surface area (Å²) in [5.74, 6) is -1.27. The number of aryl methyl sites for hydroxylation is 1. The summed E-state index contributed by atoms with van der Waals surface area (Å²) in [4.78, 5) is 37.0. The molecule has 0 aliphatic heterocycles. The maximum Gasteiger partial charge on any atom is 0.250 e. The van der Waals surface area contributed by atoms with E-state index in [-0.39, 0.29) is 30.5 Å². The molecule has 0 heterocycles. The quantitative estimate of drug-likeness (QED) is 0.676. The molecule has 2 aromatic carbocycles. The largest absolute Gasteiger partial charge is 0.375 e. The Bertz CT molecular complexity index is 853. The van der Waals surface area contributed by atoms with E-state index in [4.69, 9.17) is 17.3 Å². The summed E-state index contributed by atoms with van der Waals surface area (Å²) in [5.41, 5.74) is 7.65. The van der Waals surface area contributed by atoms with Gasteiger partial charge in [-0.05, 0) is 37.3 Å². The number of nitrogens with one attached hydrogen (secondary N) is 2. The summed E-state index contributed by atoms with van der Waals surface area (Å²) in [6.07, 6.45) is 0. The first-order chi connectivity index (χ1) is 12.8. The van der Waals surface area contributed by atoms with Gasteiger partial charge in [-0.15, -0.1) is 0 Å². The van der Waals surface area contributed by atoms with Crippen LogP contribution < -0.4 is 16.4 Å². The fourth-order valence-electron chi connectivity index (χ4n) is 2.32. The van der Waals surface area contributed by atoms with E-state index in [9.17, 15) is 14.4 Å². The lowest BCUT2D eigenvalue weighted by Gasteiger charge is -2.18. The highest BCUT2D eigenvalue weighted by atomic mass is 35.5. The van der Waals surface area contributed by atoms with Gasteiger partial charge in [0.15, 0.2) is 0 Å². The molecule has 0 atom stereocenters. The molecule has 8 heteroatoms. The molecule has 0 aliphatic rings. The van der Waals surface area contributed by atoms with Gasteiger partial charge in [-0.1, -0.05) is 29.3 Å². The van der Waals surface area contributed by atoms with Gasteiger partial charge in [-0.3, -0.25) is 14.4 Å². The normalized spacial score (nSPS) is 10.2. The molecule has 4 N–H and O–H groups in total. The van der Waals surface area contributed by atoms with Crippen LogP contribution in [0.3, 0.4) is 0 Å². The maximum atomic E-state index is 12.2. The van der Waals surface area contributed by atoms with Gasteiger partial charge in [0.05, 0.1) is 18.7 Å². The van der Waals surface area contributed by atoms with Crippen LogP contribution in [0.4, 0.5) is 11.4 Å². The van der Waals surface area contributed by atoms with Crippen molar-refractivity contribution in [3.63, 3.8) is 0 Å². The first-order valence-corrected chi connectivity index (χ1v) is 8.58. The molecule has 27 heavy (non-hydrogen) atoms. The van der Waals surface area contributed by atoms with Crippen LogP contribution in [0.2, 0.25) is 5.02 Å². The lowest BCUT2D eigenvalue weighted by atomic mass is 10.1. The van der Waals surface area contributed by atoms with E-state index >= 15 is 0 Å². The number of likely N-dealkylation sites (N-methyl/N-ethyl adjacent to an activating group) is 1. The maximum absolute atomic E-state index is 12.2. The molecule has 3 amide bonds. The van der Waals surface area contributed by atoms with Crippen LogP contribution in [0, 0.1) is 6.92 Å². The molecule has 0 radical (unpaired) electrons. The van der Waals surface area contributed by atoms with Crippen molar-refractivity contribution in [2.75, 3.05) is 30.8 Å². The molecule has 0 saturated carbocycles. The predicted octanol–water partition coefficient (Wildman–Crippen LogP) is 2.26. The highest BCUT2D eigenvalue weighted by molar-refractivity contribution is 6.31. The Morgan fingerprint density at radius 3 is 2.41 bits per heavy atom. The number of carbonyl (C=O) groups excluding carboxylic acids is 3. The molecular formula is C19H21ClN4O3. The number of amides is 3. The van der Waals surface area contributed by atoms with Crippen molar-refractivity contribution < 1.29 is 14.4 Å². The molecule has 2 rings (SSSR count). The number of rotatable bonds is 7. The summed E-state index contributed by atoms with van der Waals surface area (Å²) in [6.45, 7) is 1.73. The summed E-state index contributed by atoms with van der Waals surface area (Å²) in [5, 5.41) is 5.97. The number of anilines is 2. The Balaban J connectivity index is 1.90. The first-order valence-electron chi connectivity index (χ1n) is 8.20. The van der Waals surface area contributed by atoms with Crippen molar-refractivity contribution in [3.8, 4) is 0 Å². The molecule has 142 valence electrons. The Morgan fingerprint density at radius 1 is 1.11 bits per heavy atom. The van der Waals surface area contributed by atoms with Crippen LogP contribution in [-0.4, -0.2) is 42.8 Å². The van der Waals surface area contributed by atoms with E-state index in [1.807, 2.05) is 19.1 Å². The summed E-state index contributed by atoms with van der Waals surface area (Å²) >= 11 is 5.91. The zero-order chi connectivity index (χ0) is 20.0. The van der Waals surface area contributed by atoms with E-state index in [0.29, 0.717) is 16.4 Å². The number of hydrogen-bond donors (Lipinski definition) is 3. The second-order valence-corrected chi connectivity index (χ2v) is 6.51. The minimum atomic E-state index is -0.632. The molecule has 0 spiro atoms. The van der Waals surface area contributed by atoms with Crippen LogP contribution in [0.1, 0.15) is 15.9 Å². The monoisotopic (exact) mass is 388 g/mol. The molecule has 0 bridgehead atoms. The molecule has 0 saturated heterocycles. The molecule has 0 fully saturated rings. The lowest BCUT2D eigenvalue weighted by Crippen LogP contribution is -2.38. The highest BCUT2D eigenvalue weighted by Crippen LogP contribution is 2.20. The fraction of sp³-hybridized carbons (Fsp3) is 0.211. The average molecular weight is 389 g/mol. The lowest BCUT2D eigenvalue weighted by molar-refractivity contribution is -0.131. The van der Waals surface area contributed by atoms with Crippen molar-refractivity contribution >= 4 is 40.7 Å². The second kappa shape index (κ2) is 9.05. The highest BCUT2D eigenvalue weighted by Gasteiger charge is 2.15. The number of benzene rings is 2. The van der Waals surface area contributed by atoms with Gasteiger partial charge >= 0.3 is 0 Å². The zero-order valence-corrected chi connectivity index (χ0v) is 15.8. The van der Waals surface area contributed by atoms with Gasteiger partial charge in [0.2, 0.25) is 11.8 Å². The van der Waals surface area contributed by atoms with Gasteiger partial charge in [-0.25, -0.2) is 0 Å². The van der Waals surface area contributed by atoms with Crippen molar-refractivity contribution in [2.45, 2.75) is 6.92 Å². The van der Waals surface area contributed by atoms with Crippen molar-refractivity contribution in [1.82, 2.24) is 4.90 Å². The minimum Gasteiger partial charge on any atom is -0.375 e. The van der Waals surface area contributed by atoms with E-state index in [2.05, 4.69) is 10.6 Å². The van der Waals surface area contributed by atoms with Crippen molar-refractivity contribution in [3.05, 3.63) is 58.6 Å². The number of nitrogens with two attached hydrogens (primary N) is 1. The number of hydrogen-bond acceptors (Lipinski definition) is 4. The number of primary amides is 1. The molecule has 0 aliphatic carbocycles. The van der Waals surface area contributed by atoms with E-state index in [0.717, 1.165) is 5.56 Å². The molecule has 2 aromatic rings. The van der Waals surface area contributed by atoms with Gasteiger partial charge in [0.1, 0.15) is 0 Å². The van der Waals surface area contributed by atoms with Crippen molar-refractivity contribution in [2.24, 2.45) is 5.73 Å². The fourth-order valence-corrected chi connectivity index (χ4v) is 2.50. The summed E-state index contributed by atoms with van der Waals surface area (Å²) < 4.78 is 0. The number of nitrogens with zero attached hydrogens (tertiary/aromatic N) is 1. The third-order valence-electron chi connectivity index (χ3n) is 3.82. The Kier molecular flexibility index (Phi) is 6.79. The Morgan fingerprint density at radius 2 is 1.78 bits per heavy atom. The van der Waals surface area contributed by atoms with Gasteiger partial charge < -0.3 is 21.3 Å². The Labute approximate surface area is 162 Å². The SMILES string of the molecule is Cc1ccc(NC(=O)CN(C)C(=O)CNc2cc(Cl)ccc2C(N)=O)cc1. The second-order valence-electron chi connectivity index (χ2n) is 6.07. The van der Waals surface area contributed by atoms with E-state index in [1.165, 1.54) is 30.1 Å². The Hall–Kier alpha value is -3.06. The van der Waals surface area contributed by atoms with Crippen LogP contribution >= 0.6 is 11.6 Å². The van der Waals surface area contributed by atoms with Crippen LogP contribution in [0.5, 0.6) is 0 Å². The predicted molar refractivity (Wildman–Crippen MR) is 106 cm³/mol. The third-order valence-corrected chi connectivity index (χ3v) is 4.05. The van der Waals surface area contributed by atoms with E-state index in [1.54, 1.807) is 12.1 Å². The minimum absolute atomic E-state index is 0.105. The zero-order valence-electron chi connectivity index (χ0n) is 15.1. The van der Waals surface area contributed by atoms with Crippen LogP contribution in [-0.2, 0) is 9.59 Å². The van der Waals surface area contributed by atoms with Crippen LogP contribution in [0.25, 0.3) is 0 Å². The van der Waals surface area contributed by atoms with E-state index < -0.39 is 5.91 Å². The molecular weight excluding hydrogens is 368 g/mol. The topological polar surface area (TPSA) is 105 Å². The summed E-state index contributed by atoms with van der Waals surface area (Å²) in [6, 6.07) is 11.9. The van der Waals surface area contributed by atoms with Gasteiger partial charge in [-0.2, -0.15) is 0 Å². The third kappa shape index (κ3) is 6.00. The summed E-state index contributed by atoms with van der Waals surface area (Å²) in [7, 11) is 1.52. The molecule has 0 unspecified atom stereocenters. The average Bonchev–Trinajstić information content (AvgIpc) is 2.61. The molecule has 0 aromatic heterocycles. The van der Waals surface area contributed by atoms with Crippen LogP contribution in [0.15, 0.2) is 42.5 Å². The molecule has 7 nitrogen and oxygen atoms in total. The van der Waals surface area contributed by atoms with Gasteiger partial charge in [0, 0.05) is 23.4 Å².